The maximum atomic E-state index is 12.8. The van der Waals surface area contributed by atoms with Crippen molar-refractivity contribution >= 4 is 28.0 Å². The van der Waals surface area contributed by atoms with Crippen LogP contribution in [-0.4, -0.2) is 50.4 Å². The number of piperidine rings is 1. The molecule has 1 unspecified atom stereocenters. The number of benzene rings is 1. The Labute approximate surface area is 212 Å². The first kappa shape index (κ1) is 25.0. The molecule has 1 aromatic carbocycles. The Hall–Kier alpha value is -2.62. The molecule has 5 aliphatic rings. The minimum Gasteiger partial charge on any atom is -0.337 e. The van der Waals surface area contributed by atoms with Gasteiger partial charge in [0.15, 0.2) is 0 Å². The lowest BCUT2D eigenvalue weighted by molar-refractivity contribution is -0.131. The summed E-state index contributed by atoms with van der Waals surface area (Å²) in [6, 6.07) is 5.29. The average Bonchev–Trinajstić information content (AvgIpc) is 2.81. The van der Waals surface area contributed by atoms with Gasteiger partial charge in [0.2, 0.25) is 5.91 Å². The summed E-state index contributed by atoms with van der Waals surface area (Å²) in [6.07, 6.45) is 7.56. The molecule has 0 aromatic heterocycles. The molecular formula is C26H36N4O5S. The summed E-state index contributed by atoms with van der Waals surface area (Å²) in [4.78, 5) is 38.2. The van der Waals surface area contributed by atoms with Gasteiger partial charge in [-0.3, -0.25) is 9.69 Å². The van der Waals surface area contributed by atoms with Gasteiger partial charge in [0.1, 0.15) is 0 Å². The highest BCUT2D eigenvalue weighted by Crippen LogP contribution is 2.53. The van der Waals surface area contributed by atoms with Crippen LogP contribution in [0.25, 0.3) is 0 Å². The molecule has 4 saturated carbocycles. The Morgan fingerprint density at radius 3 is 2.25 bits per heavy atom. The smallest absolute Gasteiger partial charge is 0.328 e. The lowest BCUT2D eigenvalue weighted by Gasteiger charge is -2.54. The summed E-state index contributed by atoms with van der Waals surface area (Å²) in [5, 5.41) is 5.73. The summed E-state index contributed by atoms with van der Waals surface area (Å²) in [5.74, 6) is 2.63. The fourth-order valence-electron chi connectivity index (χ4n) is 6.97. The third-order valence-corrected chi connectivity index (χ3v) is 9.94. The third-order valence-electron chi connectivity index (χ3n) is 8.59. The maximum absolute atomic E-state index is 12.8. The molecule has 0 radical (unpaired) electrons. The van der Waals surface area contributed by atoms with Crippen molar-refractivity contribution < 1.29 is 22.8 Å². The maximum Gasteiger partial charge on any atom is 0.328 e. The largest absolute Gasteiger partial charge is 0.337 e. The van der Waals surface area contributed by atoms with Crippen LogP contribution >= 0.6 is 0 Å². The second-order valence-corrected chi connectivity index (χ2v) is 13.0. The van der Waals surface area contributed by atoms with Gasteiger partial charge < -0.3 is 10.6 Å². The third kappa shape index (κ3) is 5.38. The van der Waals surface area contributed by atoms with E-state index in [4.69, 9.17) is 0 Å². The van der Waals surface area contributed by atoms with Crippen molar-refractivity contribution in [3.8, 4) is 0 Å². The van der Waals surface area contributed by atoms with Crippen LogP contribution in [0.1, 0.15) is 57.4 Å². The number of nitrogens with one attached hydrogen (secondary N) is 3. The lowest BCUT2D eigenvalue weighted by atomic mass is 9.54. The van der Waals surface area contributed by atoms with E-state index in [0.717, 1.165) is 49.5 Å². The topological polar surface area (TPSA) is 125 Å². The zero-order valence-electron chi connectivity index (χ0n) is 20.7. The monoisotopic (exact) mass is 516 g/mol. The van der Waals surface area contributed by atoms with E-state index in [1.54, 1.807) is 12.1 Å². The first-order valence-corrected chi connectivity index (χ1v) is 14.7. The van der Waals surface area contributed by atoms with E-state index >= 15 is 0 Å². The number of carbonyl (C=O) groups is 3. The van der Waals surface area contributed by atoms with Crippen LogP contribution in [0.4, 0.5) is 9.59 Å². The molecule has 1 saturated heterocycles. The number of nitrogens with zero attached hydrogens (tertiary/aromatic N) is 1. The van der Waals surface area contributed by atoms with Crippen molar-refractivity contribution in [2.75, 3.05) is 13.1 Å². The molecule has 10 heteroatoms. The number of carbonyl (C=O) groups excluding carboxylic acids is 3. The molecule has 1 heterocycles. The molecule has 1 aromatic rings. The predicted octanol–water partition coefficient (Wildman–Crippen LogP) is 3.01. The highest BCUT2D eigenvalue weighted by Gasteiger charge is 2.48. The average molecular weight is 517 g/mol. The zero-order chi connectivity index (χ0) is 25.4. The standard InChI is InChI=1S/C26H36N4O5S/c1-16-7-9-30(23(31)10-16)26(33)27-8-6-17-2-4-22(5-3-17)36(34,35)29-25(32)28-24-20-12-18-11-19(14-20)15-21(24)13-18/h2-5,16,18-21,24H,6-15H2,1H3,(H,27,33)(H2,28,29,32). The van der Waals surface area contributed by atoms with Gasteiger partial charge in [-0.15, -0.1) is 0 Å². The fourth-order valence-corrected chi connectivity index (χ4v) is 7.88. The molecule has 6 rings (SSSR count). The number of likely N-dealkylation sites (tertiary alicyclic amines) is 1. The molecule has 5 fully saturated rings. The molecule has 1 atom stereocenters. The van der Waals surface area contributed by atoms with Gasteiger partial charge in [0.25, 0.3) is 10.0 Å². The van der Waals surface area contributed by atoms with Gasteiger partial charge in [-0.2, -0.15) is 0 Å². The Bertz CT molecular complexity index is 1090. The van der Waals surface area contributed by atoms with Gasteiger partial charge >= 0.3 is 12.1 Å². The normalized spacial score (nSPS) is 31.2. The van der Waals surface area contributed by atoms with E-state index in [0.29, 0.717) is 43.7 Å². The van der Waals surface area contributed by atoms with Crippen LogP contribution < -0.4 is 15.4 Å². The summed E-state index contributed by atoms with van der Waals surface area (Å²) in [7, 11) is -3.99. The molecule has 9 nitrogen and oxygen atoms in total. The van der Waals surface area contributed by atoms with Gasteiger partial charge in [-0.1, -0.05) is 19.1 Å². The van der Waals surface area contributed by atoms with Crippen LogP contribution in [0.15, 0.2) is 29.2 Å². The van der Waals surface area contributed by atoms with Crippen LogP contribution in [0.2, 0.25) is 0 Å². The van der Waals surface area contributed by atoms with Crippen molar-refractivity contribution in [2.24, 2.45) is 29.6 Å². The van der Waals surface area contributed by atoms with Gasteiger partial charge in [-0.25, -0.2) is 22.7 Å². The summed E-state index contributed by atoms with van der Waals surface area (Å²) >= 11 is 0. The number of imide groups is 1. The molecule has 196 valence electrons. The van der Waals surface area contributed by atoms with E-state index in [1.165, 1.54) is 23.5 Å². The highest BCUT2D eigenvalue weighted by molar-refractivity contribution is 7.90. The molecule has 3 N–H and O–H groups in total. The van der Waals surface area contributed by atoms with Crippen LogP contribution in [0, 0.1) is 29.6 Å². The number of hydrogen-bond acceptors (Lipinski definition) is 5. The van der Waals surface area contributed by atoms with Crippen molar-refractivity contribution in [1.29, 1.82) is 0 Å². The number of urea groups is 2. The van der Waals surface area contributed by atoms with E-state index in [-0.39, 0.29) is 22.9 Å². The molecular weight excluding hydrogens is 480 g/mol. The van der Waals surface area contributed by atoms with Crippen LogP contribution in [0.5, 0.6) is 0 Å². The Kier molecular flexibility index (Phi) is 6.98. The Morgan fingerprint density at radius 2 is 1.64 bits per heavy atom. The minimum absolute atomic E-state index is 0.0172. The predicted molar refractivity (Wildman–Crippen MR) is 133 cm³/mol. The Balaban J connectivity index is 1.09. The van der Waals surface area contributed by atoms with Crippen LogP contribution in [-0.2, 0) is 21.2 Å². The molecule has 4 bridgehead atoms. The molecule has 36 heavy (non-hydrogen) atoms. The first-order chi connectivity index (χ1) is 17.2. The van der Waals surface area contributed by atoms with Crippen LogP contribution in [0.3, 0.4) is 0 Å². The lowest BCUT2D eigenvalue weighted by Crippen LogP contribution is -2.57. The van der Waals surface area contributed by atoms with Gasteiger partial charge in [0.05, 0.1) is 4.90 Å². The zero-order valence-corrected chi connectivity index (χ0v) is 21.6. The molecule has 4 aliphatic carbocycles. The number of amides is 5. The minimum atomic E-state index is -3.99. The van der Waals surface area contributed by atoms with Crippen molar-refractivity contribution in [2.45, 2.75) is 69.2 Å². The van der Waals surface area contributed by atoms with E-state index in [1.807, 2.05) is 6.92 Å². The second kappa shape index (κ2) is 10.0. The molecule has 0 spiro atoms. The first-order valence-electron chi connectivity index (χ1n) is 13.2. The number of sulfonamides is 1. The Morgan fingerprint density at radius 1 is 1.00 bits per heavy atom. The summed E-state index contributed by atoms with van der Waals surface area (Å²) in [6.45, 7) is 2.76. The van der Waals surface area contributed by atoms with Crippen molar-refractivity contribution in [3.63, 3.8) is 0 Å². The summed E-state index contributed by atoms with van der Waals surface area (Å²) < 4.78 is 27.7. The van der Waals surface area contributed by atoms with Crippen molar-refractivity contribution in [3.05, 3.63) is 29.8 Å². The second-order valence-electron chi connectivity index (χ2n) is 11.3. The van der Waals surface area contributed by atoms with Crippen molar-refractivity contribution in [1.82, 2.24) is 20.3 Å². The van der Waals surface area contributed by atoms with Gasteiger partial charge in [-0.05, 0) is 92.2 Å². The van der Waals surface area contributed by atoms with E-state index < -0.39 is 16.1 Å². The van der Waals surface area contributed by atoms with Gasteiger partial charge in [0, 0.05) is 25.6 Å². The number of rotatable bonds is 6. The van der Waals surface area contributed by atoms with E-state index in [9.17, 15) is 22.8 Å². The quantitative estimate of drug-likeness (QED) is 0.536. The summed E-state index contributed by atoms with van der Waals surface area (Å²) in [5.41, 5.74) is 0.839. The fraction of sp³-hybridized carbons (Fsp3) is 0.654. The molecule has 5 amide bonds. The SMILES string of the molecule is CC1CCN(C(=O)NCCc2ccc(S(=O)(=O)NC(=O)NC3C4CC5CC(C4)CC3C5)cc2)C(=O)C1. The number of hydrogen-bond donors (Lipinski definition) is 3. The molecule has 1 aliphatic heterocycles. The van der Waals surface area contributed by atoms with E-state index in [2.05, 4.69) is 15.4 Å². The highest BCUT2D eigenvalue weighted by atomic mass is 32.2.